The molecular formula is C15H23N3O2. The molecule has 2 aliphatic heterocycles. The van der Waals surface area contributed by atoms with Gasteiger partial charge in [0.25, 0.3) is 5.56 Å². The molecule has 1 fully saturated rings. The van der Waals surface area contributed by atoms with Gasteiger partial charge in [-0.25, -0.2) is 0 Å². The van der Waals surface area contributed by atoms with E-state index in [4.69, 9.17) is 10.5 Å². The molecule has 0 aliphatic carbocycles. The first-order chi connectivity index (χ1) is 9.69. The quantitative estimate of drug-likeness (QED) is 0.872. The van der Waals surface area contributed by atoms with Crippen molar-refractivity contribution in [3.8, 4) is 0 Å². The first kappa shape index (κ1) is 13.8. The standard InChI is InChI=1S/C15H23N3O2/c1-17-5-4-14-12(9-17)7-11(8-16)15(19)18(14)10-13-3-2-6-20-13/h7,13H,2-6,8-10,16H2,1H3. The fraction of sp³-hybridized carbons (Fsp3) is 0.667. The van der Waals surface area contributed by atoms with Gasteiger partial charge in [-0.05, 0) is 31.5 Å². The summed E-state index contributed by atoms with van der Waals surface area (Å²) in [6.07, 6.45) is 3.26. The Balaban J connectivity index is 2.01. The van der Waals surface area contributed by atoms with E-state index in [9.17, 15) is 4.79 Å². The maximum atomic E-state index is 12.6. The molecule has 0 spiro atoms. The molecule has 0 radical (unpaired) electrons. The van der Waals surface area contributed by atoms with E-state index in [1.54, 1.807) is 0 Å². The molecule has 20 heavy (non-hydrogen) atoms. The van der Waals surface area contributed by atoms with Crippen LogP contribution in [-0.4, -0.2) is 35.8 Å². The van der Waals surface area contributed by atoms with Crippen molar-refractivity contribution in [1.82, 2.24) is 9.47 Å². The van der Waals surface area contributed by atoms with Crippen LogP contribution in [-0.2, 0) is 30.8 Å². The van der Waals surface area contributed by atoms with Crippen LogP contribution in [0.5, 0.6) is 0 Å². The number of pyridine rings is 1. The van der Waals surface area contributed by atoms with Crippen LogP contribution >= 0.6 is 0 Å². The largest absolute Gasteiger partial charge is 0.376 e. The average Bonchev–Trinajstić information content (AvgIpc) is 2.94. The van der Waals surface area contributed by atoms with E-state index in [-0.39, 0.29) is 11.7 Å². The fourth-order valence-corrected chi connectivity index (χ4v) is 3.25. The first-order valence-corrected chi connectivity index (χ1v) is 7.43. The summed E-state index contributed by atoms with van der Waals surface area (Å²) >= 11 is 0. The van der Waals surface area contributed by atoms with Crippen molar-refractivity contribution >= 4 is 0 Å². The topological polar surface area (TPSA) is 60.5 Å². The van der Waals surface area contributed by atoms with E-state index < -0.39 is 0 Å². The molecule has 5 heteroatoms. The van der Waals surface area contributed by atoms with Crippen LogP contribution < -0.4 is 11.3 Å². The molecule has 1 aromatic rings. The molecule has 1 saturated heterocycles. The van der Waals surface area contributed by atoms with E-state index in [1.807, 2.05) is 10.6 Å². The third-order valence-corrected chi connectivity index (χ3v) is 4.37. The molecule has 110 valence electrons. The zero-order valence-corrected chi connectivity index (χ0v) is 12.1. The highest BCUT2D eigenvalue weighted by atomic mass is 16.5. The molecule has 5 nitrogen and oxygen atoms in total. The van der Waals surface area contributed by atoms with Gasteiger partial charge in [0, 0.05) is 43.9 Å². The van der Waals surface area contributed by atoms with Gasteiger partial charge in [-0.15, -0.1) is 0 Å². The van der Waals surface area contributed by atoms with Gasteiger partial charge in [-0.1, -0.05) is 0 Å². The number of fused-ring (bicyclic) bond motifs is 1. The summed E-state index contributed by atoms with van der Waals surface area (Å²) in [5.74, 6) is 0. The molecule has 1 aromatic heterocycles. The van der Waals surface area contributed by atoms with Crippen molar-refractivity contribution in [2.75, 3.05) is 20.2 Å². The summed E-state index contributed by atoms with van der Waals surface area (Å²) in [5.41, 5.74) is 8.96. The normalized spacial score (nSPS) is 23.0. The molecule has 2 N–H and O–H groups in total. The molecule has 0 saturated carbocycles. The average molecular weight is 277 g/mol. The van der Waals surface area contributed by atoms with Gasteiger partial charge < -0.3 is 19.9 Å². The van der Waals surface area contributed by atoms with Crippen LogP contribution in [0.25, 0.3) is 0 Å². The van der Waals surface area contributed by atoms with Crippen molar-refractivity contribution in [3.63, 3.8) is 0 Å². The maximum Gasteiger partial charge on any atom is 0.255 e. The highest BCUT2D eigenvalue weighted by Gasteiger charge is 2.23. The molecule has 3 heterocycles. The van der Waals surface area contributed by atoms with Gasteiger partial charge in [-0.2, -0.15) is 0 Å². The van der Waals surface area contributed by atoms with Crippen molar-refractivity contribution in [2.45, 2.75) is 45.0 Å². The predicted molar refractivity (Wildman–Crippen MR) is 77.6 cm³/mol. The fourth-order valence-electron chi connectivity index (χ4n) is 3.25. The second-order valence-corrected chi connectivity index (χ2v) is 5.88. The number of nitrogens with two attached hydrogens (primary N) is 1. The molecule has 0 bridgehead atoms. The number of rotatable bonds is 3. The lowest BCUT2D eigenvalue weighted by Crippen LogP contribution is -2.37. The summed E-state index contributed by atoms with van der Waals surface area (Å²) in [6, 6.07) is 2.00. The highest BCUT2D eigenvalue weighted by Crippen LogP contribution is 2.20. The summed E-state index contributed by atoms with van der Waals surface area (Å²) in [5, 5.41) is 0. The van der Waals surface area contributed by atoms with Crippen molar-refractivity contribution < 1.29 is 4.74 Å². The minimum Gasteiger partial charge on any atom is -0.376 e. The molecule has 3 rings (SSSR count). The van der Waals surface area contributed by atoms with Crippen molar-refractivity contribution in [2.24, 2.45) is 5.73 Å². The van der Waals surface area contributed by atoms with Crippen LogP contribution in [0.3, 0.4) is 0 Å². The lowest BCUT2D eigenvalue weighted by molar-refractivity contribution is 0.0948. The van der Waals surface area contributed by atoms with Gasteiger partial charge in [0.2, 0.25) is 0 Å². The van der Waals surface area contributed by atoms with Gasteiger partial charge >= 0.3 is 0 Å². The molecule has 0 aromatic carbocycles. The minimum atomic E-state index is 0.0753. The van der Waals surface area contributed by atoms with Crippen LogP contribution in [0.4, 0.5) is 0 Å². The van der Waals surface area contributed by atoms with Crippen molar-refractivity contribution in [1.29, 1.82) is 0 Å². The summed E-state index contributed by atoms with van der Waals surface area (Å²) < 4.78 is 7.63. The monoisotopic (exact) mass is 277 g/mol. The first-order valence-electron chi connectivity index (χ1n) is 7.43. The van der Waals surface area contributed by atoms with Crippen LogP contribution in [0.15, 0.2) is 10.9 Å². The Hall–Kier alpha value is -1.17. The van der Waals surface area contributed by atoms with Gasteiger partial charge in [-0.3, -0.25) is 4.79 Å². The van der Waals surface area contributed by atoms with Crippen LogP contribution in [0, 0.1) is 0 Å². The van der Waals surface area contributed by atoms with Gasteiger partial charge in [0.15, 0.2) is 0 Å². The summed E-state index contributed by atoms with van der Waals surface area (Å²) in [6.45, 7) is 3.70. The van der Waals surface area contributed by atoms with Gasteiger partial charge in [0.1, 0.15) is 0 Å². The molecule has 2 aliphatic rings. The highest BCUT2D eigenvalue weighted by molar-refractivity contribution is 5.29. The zero-order valence-electron chi connectivity index (χ0n) is 12.1. The molecule has 1 atom stereocenters. The SMILES string of the molecule is CN1CCc2c(cc(CN)c(=O)n2CC2CCCO2)C1. The van der Waals surface area contributed by atoms with E-state index in [1.165, 1.54) is 11.3 Å². The van der Waals surface area contributed by atoms with E-state index >= 15 is 0 Å². The second-order valence-electron chi connectivity index (χ2n) is 5.88. The Kier molecular flexibility index (Phi) is 3.92. The van der Waals surface area contributed by atoms with Crippen LogP contribution in [0.1, 0.15) is 29.7 Å². The number of aromatic nitrogens is 1. The summed E-state index contributed by atoms with van der Waals surface area (Å²) in [7, 11) is 2.11. The Morgan fingerprint density at radius 3 is 3.05 bits per heavy atom. The van der Waals surface area contributed by atoms with E-state index in [0.717, 1.165) is 44.5 Å². The lowest BCUT2D eigenvalue weighted by atomic mass is 10.0. The third kappa shape index (κ3) is 2.53. The molecular weight excluding hydrogens is 254 g/mol. The smallest absolute Gasteiger partial charge is 0.255 e. The number of likely N-dealkylation sites (N-methyl/N-ethyl adjacent to an activating group) is 1. The lowest BCUT2D eigenvalue weighted by Gasteiger charge is -2.29. The Morgan fingerprint density at radius 2 is 2.35 bits per heavy atom. The zero-order chi connectivity index (χ0) is 14.1. The Bertz CT molecular complexity index is 547. The minimum absolute atomic E-state index is 0.0753. The molecule has 1 unspecified atom stereocenters. The van der Waals surface area contributed by atoms with E-state index in [2.05, 4.69) is 11.9 Å². The molecule has 0 amide bonds. The van der Waals surface area contributed by atoms with Gasteiger partial charge in [0.05, 0.1) is 12.6 Å². The third-order valence-electron chi connectivity index (χ3n) is 4.37. The number of nitrogens with zero attached hydrogens (tertiary/aromatic N) is 2. The van der Waals surface area contributed by atoms with Crippen LogP contribution in [0.2, 0.25) is 0 Å². The summed E-state index contributed by atoms with van der Waals surface area (Å²) in [4.78, 5) is 14.8. The predicted octanol–water partition coefficient (Wildman–Crippen LogP) is 0.474. The second kappa shape index (κ2) is 5.68. The van der Waals surface area contributed by atoms with E-state index in [0.29, 0.717) is 13.1 Å². The Morgan fingerprint density at radius 1 is 1.50 bits per heavy atom. The number of hydrogen-bond acceptors (Lipinski definition) is 4. The Labute approximate surface area is 119 Å². The number of ether oxygens (including phenoxy) is 1. The number of hydrogen-bond donors (Lipinski definition) is 1. The maximum absolute atomic E-state index is 12.6. The van der Waals surface area contributed by atoms with Crippen molar-refractivity contribution in [3.05, 3.63) is 33.2 Å².